The smallest absolute Gasteiger partial charge is 0.312 e. The number of imidazole rings is 2. The summed E-state index contributed by atoms with van der Waals surface area (Å²) in [6.07, 6.45) is 10.0. The first kappa shape index (κ1) is 43.8. The van der Waals surface area contributed by atoms with E-state index in [0.717, 1.165) is 0 Å². The van der Waals surface area contributed by atoms with E-state index in [1.807, 2.05) is 0 Å². The topological polar surface area (TPSA) is 289 Å². The molecule has 4 aromatic heterocycles. The molecule has 0 aliphatic carbocycles. The lowest BCUT2D eigenvalue weighted by Gasteiger charge is -2.28. The van der Waals surface area contributed by atoms with E-state index in [2.05, 4.69) is 41.7 Å². The molecule has 21 nitrogen and oxygen atoms in total. The van der Waals surface area contributed by atoms with Gasteiger partial charge in [0.2, 0.25) is 17.2 Å². The molecule has 2 fully saturated rings. The average Bonchev–Trinajstić information content (AvgIpc) is 3.86. The molecule has 6 heterocycles. The van der Waals surface area contributed by atoms with Crippen LogP contribution in [0.5, 0.6) is 0 Å². The summed E-state index contributed by atoms with van der Waals surface area (Å²) in [6, 6.07) is 0. The molecule has 22 heteroatoms. The molecule has 6 N–H and O–H groups in total. The first-order valence-electron chi connectivity index (χ1n) is 15.8. The van der Waals surface area contributed by atoms with E-state index >= 15 is 0 Å². The average molecular weight is 784 g/mol. The van der Waals surface area contributed by atoms with E-state index in [0.29, 0.717) is 11.2 Å². The molecule has 0 unspecified atom stereocenters. The number of nitrogens with two attached hydrogens (primary N) is 3. The van der Waals surface area contributed by atoms with Crippen molar-refractivity contribution in [3.63, 3.8) is 0 Å². The van der Waals surface area contributed by atoms with Crippen LogP contribution >= 0.6 is 0 Å². The fourth-order valence-corrected chi connectivity index (χ4v) is 5.81. The van der Waals surface area contributed by atoms with Crippen LogP contribution in [0, 0.1) is 30.8 Å². The zero-order valence-corrected chi connectivity index (χ0v) is 29.2. The molecule has 56 heavy (non-hydrogen) atoms. The minimum Gasteiger partial charge on any atom is -0.462 e. The second-order valence-electron chi connectivity index (χ2n) is 11.9. The summed E-state index contributed by atoms with van der Waals surface area (Å²) in [5, 5.41) is 0. The molecule has 0 bridgehead atoms. The van der Waals surface area contributed by atoms with Gasteiger partial charge in [-0.15, -0.1) is 12.8 Å². The van der Waals surface area contributed by atoms with Crippen LogP contribution in [0.25, 0.3) is 22.3 Å². The molecular formula is C34H42FN11O10. The fourth-order valence-electron chi connectivity index (χ4n) is 5.81. The lowest BCUT2D eigenvalue weighted by atomic mass is 9.98. The highest BCUT2D eigenvalue weighted by Gasteiger charge is 2.53. The monoisotopic (exact) mass is 783 g/mol. The Bertz CT molecular complexity index is 2060. The van der Waals surface area contributed by atoms with Gasteiger partial charge >= 0.3 is 30.0 Å². The van der Waals surface area contributed by atoms with Gasteiger partial charge in [0.15, 0.2) is 28.4 Å². The van der Waals surface area contributed by atoms with Crippen molar-refractivity contribution in [2.24, 2.45) is 0 Å². The van der Waals surface area contributed by atoms with E-state index < -0.39 is 65.8 Å². The summed E-state index contributed by atoms with van der Waals surface area (Å²) in [6.45, 7) is 4.31. The maximum atomic E-state index is 13.6. The number of carbonyl (C=O) groups excluding carboxylic acids is 4. The second kappa shape index (κ2) is 17.2. The lowest BCUT2D eigenvalue weighted by Crippen LogP contribution is -2.45. The van der Waals surface area contributed by atoms with Crippen molar-refractivity contribution >= 4 is 63.8 Å². The molecule has 6 rings (SSSR count). The number of anilines is 3. The number of terminal acetylenes is 2. The molecular weight excluding hydrogens is 741 g/mol. The summed E-state index contributed by atoms with van der Waals surface area (Å²) in [7, 11) is 0. The van der Waals surface area contributed by atoms with Crippen molar-refractivity contribution in [3.8, 4) is 24.7 Å². The van der Waals surface area contributed by atoms with Gasteiger partial charge in [-0.3, -0.25) is 28.3 Å². The summed E-state index contributed by atoms with van der Waals surface area (Å²) in [5.41, 5.74) is 15.1. The lowest BCUT2D eigenvalue weighted by molar-refractivity contribution is -0.165. The number of rotatable bonds is 8. The van der Waals surface area contributed by atoms with E-state index in [1.165, 1.54) is 44.9 Å². The predicted octanol–water partition coefficient (Wildman–Crippen LogP) is 1.38. The molecule has 0 radical (unpaired) electrons. The van der Waals surface area contributed by atoms with Crippen LogP contribution in [0.15, 0.2) is 12.7 Å². The van der Waals surface area contributed by atoms with Gasteiger partial charge in [-0.05, 0) is 0 Å². The van der Waals surface area contributed by atoms with Gasteiger partial charge in [-0.25, -0.2) is 9.97 Å². The Morgan fingerprint density at radius 1 is 0.750 bits per heavy atom. The summed E-state index contributed by atoms with van der Waals surface area (Å²) >= 11 is 0. The quantitative estimate of drug-likeness (QED) is 0.0984. The predicted molar refractivity (Wildman–Crippen MR) is 194 cm³/mol. The number of hydrogen-bond donors (Lipinski definition) is 3. The van der Waals surface area contributed by atoms with Gasteiger partial charge in [0.05, 0.1) is 12.7 Å². The molecule has 2 aliphatic rings. The number of nitrogens with zero attached hydrogens (tertiary/aromatic N) is 8. The van der Waals surface area contributed by atoms with Crippen molar-refractivity contribution in [1.82, 2.24) is 39.0 Å². The molecule has 4 aromatic rings. The Morgan fingerprint density at radius 3 is 1.55 bits per heavy atom. The first-order valence-corrected chi connectivity index (χ1v) is 15.8. The highest BCUT2D eigenvalue weighted by molar-refractivity contribution is 5.83. The molecule has 2 saturated heterocycles. The molecule has 300 valence electrons. The largest absolute Gasteiger partial charge is 0.462 e. The van der Waals surface area contributed by atoms with Crippen LogP contribution in [-0.2, 0) is 47.6 Å². The third-order valence-electron chi connectivity index (χ3n) is 8.16. The van der Waals surface area contributed by atoms with Crippen LogP contribution in [-0.4, -0.2) is 99.5 Å². The molecule has 0 amide bonds. The minimum atomic E-state index is -1.52. The van der Waals surface area contributed by atoms with Gasteiger partial charge in [-0.1, -0.05) is 26.7 Å². The number of aromatic nitrogens is 8. The van der Waals surface area contributed by atoms with Crippen LogP contribution < -0.4 is 17.2 Å². The number of halogens is 1. The van der Waals surface area contributed by atoms with Crippen LogP contribution in [0.1, 0.15) is 67.8 Å². The maximum Gasteiger partial charge on any atom is 0.312 e. The summed E-state index contributed by atoms with van der Waals surface area (Å²) in [4.78, 5) is 68.8. The standard InChI is InChI=1S/C16H16FN5O5.C16H18N6O5.2CH4/c1-4-16(6-25-8(2)23)10(26-9(3)24)5-11(27-16)22-7-19-12-13(18)20-15(17)21-14(12)22;1-4-16(6-25-8(2)23)10(26-9(3)24)5-11(27-16)22-7-19-12-13(17)20-15(18)21-14(12)22;;/h1,7,10-11H,5-6H2,2-3H3,(H2,18,20,21);1,7,10-11H,5-6H2,2-3H3,(H4,17,18,20,21);2*1H4/t2*10-,11-,16-;;/m11../s1. The van der Waals surface area contributed by atoms with E-state index in [-0.39, 0.29) is 69.7 Å². The normalized spacial score (nSPS) is 23.6. The Hall–Kier alpha value is -6.65. The fraction of sp³-hybridized carbons (Fsp3) is 0.471. The second-order valence-corrected chi connectivity index (χ2v) is 11.9. The van der Waals surface area contributed by atoms with Crippen molar-refractivity contribution in [2.75, 3.05) is 30.4 Å². The zero-order chi connectivity index (χ0) is 39.5. The SMILES string of the molecule is C.C.C#C[C@]1(COC(C)=O)O[C@@H](n2cnc3c(N)nc(F)nc32)C[C@H]1OC(C)=O.C#C[C@]1(COC(C)=O)O[C@@H](n2cnc3c(N)nc(N)nc32)C[C@H]1OC(C)=O. The number of carbonyl (C=O) groups is 4. The number of hydrogen-bond acceptors (Lipinski definition) is 19. The van der Waals surface area contributed by atoms with Gasteiger partial charge in [0.1, 0.15) is 43.4 Å². The Balaban J connectivity index is 0.000000290. The Kier molecular flexibility index (Phi) is 13.5. The number of esters is 4. The molecule has 2 aliphatic heterocycles. The molecule has 6 atom stereocenters. The van der Waals surface area contributed by atoms with E-state index in [4.69, 9.17) is 58.5 Å². The maximum absolute atomic E-state index is 13.6. The molecule has 0 saturated carbocycles. The van der Waals surface area contributed by atoms with Crippen LogP contribution in [0.3, 0.4) is 0 Å². The van der Waals surface area contributed by atoms with Crippen LogP contribution in [0.2, 0.25) is 0 Å². The highest BCUT2D eigenvalue weighted by atomic mass is 19.1. The Morgan fingerprint density at radius 2 is 1.16 bits per heavy atom. The third-order valence-corrected chi connectivity index (χ3v) is 8.16. The van der Waals surface area contributed by atoms with Gasteiger partial charge in [-0.2, -0.15) is 24.3 Å². The zero-order valence-electron chi connectivity index (χ0n) is 29.2. The Labute approximate surface area is 319 Å². The summed E-state index contributed by atoms with van der Waals surface area (Å²) in [5.74, 6) is 2.58. The third kappa shape index (κ3) is 8.83. The van der Waals surface area contributed by atoms with Gasteiger partial charge < -0.3 is 45.6 Å². The van der Waals surface area contributed by atoms with E-state index in [9.17, 15) is 23.6 Å². The minimum absolute atomic E-state index is 0. The highest BCUT2D eigenvalue weighted by Crippen LogP contribution is 2.41. The van der Waals surface area contributed by atoms with Crippen LogP contribution in [0.4, 0.5) is 22.0 Å². The van der Waals surface area contributed by atoms with Crippen molar-refractivity contribution in [1.29, 1.82) is 0 Å². The van der Waals surface area contributed by atoms with Gasteiger partial charge in [0.25, 0.3) is 0 Å². The van der Waals surface area contributed by atoms with E-state index in [1.54, 1.807) is 4.57 Å². The molecule has 0 spiro atoms. The number of ether oxygens (including phenoxy) is 6. The molecule has 0 aromatic carbocycles. The van der Waals surface area contributed by atoms with Crippen molar-refractivity contribution in [3.05, 3.63) is 18.7 Å². The van der Waals surface area contributed by atoms with Crippen molar-refractivity contribution < 1.29 is 52.0 Å². The van der Waals surface area contributed by atoms with Crippen molar-refractivity contribution in [2.45, 2.75) is 91.3 Å². The number of fused-ring (bicyclic) bond motifs is 2. The number of nitrogen functional groups attached to an aromatic ring is 3. The first-order chi connectivity index (χ1) is 25.5. The van der Waals surface area contributed by atoms with Gasteiger partial charge in [0, 0.05) is 40.5 Å². The summed E-state index contributed by atoms with van der Waals surface area (Å²) < 4.78 is 49.1.